The Kier molecular flexibility index (Phi) is 11.0. The van der Waals surface area contributed by atoms with Crippen molar-refractivity contribution in [3.05, 3.63) is 157 Å². The highest BCUT2D eigenvalue weighted by Gasteiger charge is 2.52. The molecule has 2 aliphatic heterocycles. The summed E-state index contributed by atoms with van der Waals surface area (Å²) < 4.78 is 49.0. The van der Waals surface area contributed by atoms with Crippen molar-refractivity contribution in [3.8, 4) is 28.4 Å². The molecule has 2 aliphatic rings. The molecule has 54 heavy (non-hydrogen) atoms. The van der Waals surface area contributed by atoms with E-state index in [-0.39, 0.29) is 22.3 Å². The van der Waals surface area contributed by atoms with E-state index in [0.29, 0.717) is 61.6 Å². The summed E-state index contributed by atoms with van der Waals surface area (Å²) in [7, 11) is -3.73. The molecule has 0 radical (unpaired) electrons. The molecule has 2 saturated heterocycles. The van der Waals surface area contributed by atoms with Crippen LogP contribution in [0.15, 0.2) is 151 Å². The minimum atomic E-state index is -3.73. The number of hydrogen-bond acceptors (Lipinski definition) is 6. The first-order valence-electron chi connectivity index (χ1n) is 18.3. The van der Waals surface area contributed by atoms with Crippen molar-refractivity contribution in [1.82, 2.24) is 4.31 Å². The number of nitrogens with zero attached hydrogens (tertiary/aromatic N) is 1. The highest BCUT2D eigenvalue weighted by Crippen LogP contribution is 2.55. The average molecular weight is 744 g/mol. The van der Waals surface area contributed by atoms with Gasteiger partial charge in [0.2, 0.25) is 10.0 Å². The third-order valence-electron chi connectivity index (χ3n) is 10.8. The van der Waals surface area contributed by atoms with Crippen molar-refractivity contribution in [3.63, 3.8) is 0 Å². The lowest BCUT2D eigenvalue weighted by atomic mass is 9.63. The van der Waals surface area contributed by atoms with Gasteiger partial charge < -0.3 is 19.3 Å². The Morgan fingerprint density at radius 1 is 0.833 bits per heavy atom. The first-order chi connectivity index (χ1) is 26.1. The highest BCUT2D eigenvalue weighted by atomic mass is 32.2. The molecule has 1 spiro atoms. The van der Waals surface area contributed by atoms with Crippen molar-refractivity contribution < 1.29 is 32.5 Å². The predicted octanol–water partition coefficient (Wildman–Crippen LogP) is 9.35. The Labute approximate surface area is 317 Å². The van der Waals surface area contributed by atoms with Crippen LogP contribution in [0.1, 0.15) is 43.4 Å². The van der Waals surface area contributed by atoms with E-state index >= 15 is 0 Å². The number of para-hydroxylation sites is 1. The molecule has 9 heteroatoms. The fourth-order valence-electron chi connectivity index (χ4n) is 7.91. The van der Waals surface area contributed by atoms with Crippen molar-refractivity contribution in [2.75, 3.05) is 19.7 Å². The Morgan fingerprint density at radius 2 is 1.44 bits per heavy atom. The maximum Gasteiger partial charge on any atom is 0.341 e. The second kappa shape index (κ2) is 16.0. The highest BCUT2D eigenvalue weighted by molar-refractivity contribution is 7.89. The first kappa shape index (κ1) is 37.1. The van der Waals surface area contributed by atoms with Crippen LogP contribution in [0.4, 0.5) is 0 Å². The molecule has 2 heterocycles. The largest absolute Gasteiger partial charge is 0.482 e. The SMILES string of the molecule is C=C(C)[C@@H]1CC2(CCN(S(=O)(=O)c3ccc(-c4ccccc4)cc3)CC2)[C@@H](Cc2ccccc2)O[C@H]1c1cc(Oc2ccccc2)ccc1OCC(=O)O. The predicted molar refractivity (Wildman–Crippen MR) is 209 cm³/mol. The van der Waals surface area contributed by atoms with Gasteiger partial charge in [-0.3, -0.25) is 0 Å². The zero-order valence-electron chi connectivity index (χ0n) is 30.3. The van der Waals surface area contributed by atoms with Gasteiger partial charge in [-0.15, -0.1) is 0 Å². The Morgan fingerprint density at radius 3 is 2.07 bits per heavy atom. The molecular formula is C45H45NO7S. The van der Waals surface area contributed by atoms with Gasteiger partial charge in [0.25, 0.3) is 0 Å². The molecule has 5 aromatic carbocycles. The lowest BCUT2D eigenvalue weighted by molar-refractivity contribution is -0.166. The second-order valence-electron chi connectivity index (χ2n) is 14.3. The molecule has 1 N–H and O–H groups in total. The maximum absolute atomic E-state index is 14.0. The molecule has 278 valence electrons. The zero-order chi connectivity index (χ0) is 37.7. The van der Waals surface area contributed by atoms with Crippen molar-refractivity contribution in [1.29, 1.82) is 0 Å². The van der Waals surface area contributed by atoms with E-state index in [1.54, 1.807) is 28.6 Å². The molecule has 8 nitrogen and oxygen atoms in total. The zero-order valence-corrected chi connectivity index (χ0v) is 31.2. The van der Waals surface area contributed by atoms with Gasteiger partial charge in [-0.25, -0.2) is 13.2 Å². The van der Waals surface area contributed by atoms with Gasteiger partial charge in [0.1, 0.15) is 17.2 Å². The number of benzene rings is 5. The molecule has 3 atom stereocenters. The molecule has 7 rings (SSSR count). The average Bonchev–Trinajstić information content (AvgIpc) is 3.19. The van der Waals surface area contributed by atoms with Crippen molar-refractivity contribution in [2.24, 2.45) is 11.3 Å². The van der Waals surface area contributed by atoms with E-state index in [1.165, 1.54) is 0 Å². The number of carboxylic acid groups (broad SMARTS) is 1. The molecule has 0 amide bonds. The van der Waals surface area contributed by atoms with Gasteiger partial charge in [-0.1, -0.05) is 103 Å². The van der Waals surface area contributed by atoms with Crippen LogP contribution in [0.3, 0.4) is 0 Å². The van der Waals surface area contributed by atoms with Crippen LogP contribution in [-0.4, -0.2) is 49.6 Å². The van der Waals surface area contributed by atoms with Crippen molar-refractivity contribution >= 4 is 16.0 Å². The van der Waals surface area contributed by atoms with Gasteiger partial charge in [-0.2, -0.15) is 4.31 Å². The Bertz CT molecular complexity index is 2170. The number of piperidine rings is 1. The Balaban J connectivity index is 1.19. The summed E-state index contributed by atoms with van der Waals surface area (Å²) in [5.74, 6) is 0.394. The quantitative estimate of drug-likeness (QED) is 0.127. The standard InChI is InChI=1S/C45H45NO7S/c1-32(2)40-30-45(24-26-46(27-25-45)54(49,50)38-21-18-35(19-22-38)34-14-8-4-9-15-34)42(28-33-12-6-3-7-13-33)53-44(40)39-29-37(52-36-16-10-5-11-17-36)20-23-41(39)51-31-43(47)48/h3-23,29,40,42,44H,1,24-28,30-31H2,2H3,(H,47,48)/t40-,42+,44-/m0/s1. The normalized spacial score (nSPS) is 19.9. The molecule has 2 fully saturated rings. The monoisotopic (exact) mass is 743 g/mol. The van der Waals surface area contributed by atoms with Crippen molar-refractivity contribution in [2.45, 2.75) is 49.7 Å². The summed E-state index contributed by atoms with van der Waals surface area (Å²) >= 11 is 0. The summed E-state index contributed by atoms with van der Waals surface area (Å²) in [5.41, 5.74) is 4.37. The third-order valence-corrected chi connectivity index (χ3v) is 12.7. The van der Waals surface area contributed by atoms with Crippen LogP contribution in [0, 0.1) is 11.3 Å². The van der Waals surface area contributed by atoms with Crippen LogP contribution in [-0.2, 0) is 26.0 Å². The van der Waals surface area contributed by atoms with E-state index in [4.69, 9.17) is 14.2 Å². The van der Waals surface area contributed by atoms with Crippen LogP contribution >= 0.6 is 0 Å². The fourth-order valence-corrected chi connectivity index (χ4v) is 9.35. The van der Waals surface area contributed by atoms with Gasteiger partial charge in [0.15, 0.2) is 6.61 Å². The molecule has 0 unspecified atom stereocenters. The molecule has 0 aromatic heterocycles. The van der Waals surface area contributed by atoms with Gasteiger partial charge in [-0.05, 0) is 91.8 Å². The number of aliphatic carboxylic acids is 1. The van der Waals surface area contributed by atoms with E-state index in [2.05, 4.69) is 18.7 Å². The summed E-state index contributed by atoms with van der Waals surface area (Å²) in [6, 6.07) is 42.1. The van der Waals surface area contributed by atoms with E-state index in [9.17, 15) is 18.3 Å². The Hall–Kier alpha value is -5.22. The van der Waals surface area contributed by atoms with Crippen LogP contribution < -0.4 is 9.47 Å². The topological polar surface area (TPSA) is 102 Å². The van der Waals surface area contributed by atoms with E-state index in [0.717, 1.165) is 22.3 Å². The lowest BCUT2D eigenvalue weighted by Gasteiger charge is -2.53. The number of ether oxygens (including phenoxy) is 3. The summed E-state index contributed by atoms with van der Waals surface area (Å²) in [5, 5.41) is 9.51. The minimum Gasteiger partial charge on any atom is -0.482 e. The number of hydrogen-bond donors (Lipinski definition) is 1. The van der Waals surface area contributed by atoms with Gasteiger partial charge in [0, 0.05) is 30.0 Å². The minimum absolute atomic E-state index is 0.162. The fraction of sp³-hybridized carbons (Fsp3) is 0.267. The van der Waals surface area contributed by atoms with Gasteiger partial charge in [0.05, 0.1) is 17.1 Å². The summed E-state index contributed by atoms with van der Waals surface area (Å²) in [6.07, 6.45) is 1.77. The number of sulfonamides is 1. The number of rotatable bonds is 12. The molecule has 0 aliphatic carbocycles. The van der Waals surface area contributed by atoms with Crippen LogP contribution in [0.2, 0.25) is 0 Å². The molecule has 0 bridgehead atoms. The first-order valence-corrected chi connectivity index (χ1v) is 19.8. The van der Waals surface area contributed by atoms with E-state index in [1.807, 2.05) is 104 Å². The molecular weight excluding hydrogens is 699 g/mol. The number of carbonyl (C=O) groups is 1. The second-order valence-corrected chi connectivity index (χ2v) is 16.3. The number of carboxylic acids is 1. The van der Waals surface area contributed by atoms with E-state index < -0.39 is 28.7 Å². The summed E-state index contributed by atoms with van der Waals surface area (Å²) in [4.78, 5) is 11.9. The third kappa shape index (κ3) is 8.14. The smallest absolute Gasteiger partial charge is 0.341 e. The lowest BCUT2D eigenvalue weighted by Crippen LogP contribution is -2.53. The maximum atomic E-state index is 14.0. The summed E-state index contributed by atoms with van der Waals surface area (Å²) in [6.45, 7) is 6.61. The van der Waals surface area contributed by atoms with Crippen LogP contribution in [0.5, 0.6) is 17.2 Å². The van der Waals surface area contributed by atoms with Crippen LogP contribution in [0.25, 0.3) is 11.1 Å². The molecule has 0 saturated carbocycles. The molecule has 5 aromatic rings. The van der Waals surface area contributed by atoms with Gasteiger partial charge >= 0.3 is 5.97 Å².